The number of nitrogens with zero attached hydrogens (tertiary/aromatic N) is 2. The number of hydrogen-bond donors (Lipinski definition) is 3. The van der Waals surface area contributed by atoms with E-state index in [1.54, 1.807) is 36.1 Å². The van der Waals surface area contributed by atoms with Crippen molar-refractivity contribution in [2.75, 3.05) is 17.7 Å². The maximum absolute atomic E-state index is 12.8. The number of ether oxygens (including phenoxy) is 1. The lowest BCUT2D eigenvalue weighted by atomic mass is 10.0. The third-order valence-corrected chi connectivity index (χ3v) is 4.60. The molecule has 2 aromatic carbocycles. The number of benzene rings is 2. The molecule has 2 heterocycles. The molecule has 8 nitrogen and oxygen atoms in total. The van der Waals surface area contributed by atoms with Crippen LogP contribution < -0.4 is 15.4 Å². The molecule has 1 aromatic heterocycles. The number of allylic oxidation sites excluding steroid dienone is 1. The fraction of sp³-hybridized carbons (Fsp3) is 0.0952. The molecule has 0 fully saturated rings. The van der Waals surface area contributed by atoms with Gasteiger partial charge in [-0.15, -0.1) is 0 Å². The number of anilines is 2. The molecule has 1 aliphatic heterocycles. The number of carbonyl (C=O) groups is 2. The number of carboxylic acids is 1. The molecule has 3 N–H and O–H groups in total. The smallest absolute Gasteiger partial charge is 0.352 e. The highest BCUT2D eigenvalue weighted by Crippen LogP contribution is 2.36. The van der Waals surface area contributed by atoms with Crippen molar-refractivity contribution in [3.63, 3.8) is 0 Å². The minimum absolute atomic E-state index is 0.0392. The SMILES string of the molecule is COc1ccccc1[C@H]1C=C(C(=O)O)Nc2c(C(=O)Nc3ccccc3)cnn21. The molecule has 0 saturated heterocycles. The van der Waals surface area contributed by atoms with Gasteiger partial charge in [-0.05, 0) is 24.3 Å². The van der Waals surface area contributed by atoms with Gasteiger partial charge in [-0.25, -0.2) is 9.48 Å². The van der Waals surface area contributed by atoms with Crippen LogP contribution in [0.3, 0.4) is 0 Å². The molecule has 0 aliphatic carbocycles. The normalized spacial score (nSPS) is 14.9. The van der Waals surface area contributed by atoms with Gasteiger partial charge in [-0.1, -0.05) is 36.4 Å². The zero-order valence-electron chi connectivity index (χ0n) is 15.5. The van der Waals surface area contributed by atoms with Gasteiger partial charge in [0.1, 0.15) is 28.9 Å². The first kappa shape index (κ1) is 18.3. The van der Waals surface area contributed by atoms with E-state index in [0.717, 1.165) is 5.56 Å². The van der Waals surface area contributed by atoms with E-state index in [1.807, 2.05) is 36.4 Å². The van der Waals surface area contributed by atoms with Crippen molar-refractivity contribution >= 4 is 23.4 Å². The van der Waals surface area contributed by atoms with E-state index >= 15 is 0 Å². The van der Waals surface area contributed by atoms with Crippen LogP contribution in [-0.2, 0) is 4.79 Å². The first-order valence-corrected chi connectivity index (χ1v) is 8.87. The first-order valence-electron chi connectivity index (χ1n) is 8.87. The van der Waals surface area contributed by atoms with E-state index in [0.29, 0.717) is 17.3 Å². The van der Waals surface area contributed by atoms with E-state index in [2.05, 4.69) is 15.7 Å². The molecule has 1 atom stereocenters. The Hall–Kier alpha value is -4.07. The third kappa shape index (κ3) is 3.43. The van der Waals surface area contributed by atoms with Gasteiger partial charge in [0, 0.05) is 11.3 Å². The molecular formula is C21H18N4O4. The van der Waals surface area contributed by atoms with Gasteiger partial charge < -0.3 is 20.5 Å². The van der Waals surface area contributed by atoms with Crippen molar-refractivity contribution in [2.45, 2.75) is 6.04 Å². The summed E-state index contributed by atoms with van der Waals surface area (Å²) in [6.45, 7) is 0. The summed E-state index contributed by atoms with van der Waals surface area (Å²) >= 11 is 0. The largest absolute Gasteiger partial charge is 0.496 e. The first-order chi connectivity index (χ1) is 14.1. The summed E-state index contributed by atoms with van der Waals surface area (Å²) < 4.78 is 7.00. The van der Waals surface area contributed by atoms with Crippen molar-refractivity contribution < 1.29 is 19.4 Å². The van der Waals surface area contributed by atoms with E-state index in [-0.39, 0.29) is 11.3 Å². The van der Waals surface area contributed by atoms with Gasteiger partial charge in [-0.3, -0.25) is 4.79 Å². The summed E-state index contributed by atoms with van der Waals surface area (Å²) in [6, 6.07) is 15.7. The number of carboxylic acid groups (broad SMARTS) is 1. The second-order valence-corrected chi connectivity index (χ2v) is 6.37. The summed E-state index contributed by atoms with van der Waals surface area (Å²) in [5.41, 5.74) is 1.56. The summed E-state index contributed by atoms with van der Waals surface area (Å²) in [5.74, 6) is -0.631. The number of fused-ring (bicyclic) bond motifs is 1. The average molecular weight is 390 g/mol. The van der Waals surface area contributed by atoms with Crippen molar-refractivity contribution in [3.8, 4) is 5.75 Å². The van der Waals surface area contributed by atoms with Gasteiger partial charge in [0.15, 0.2) is 0 Å². The number of nitrogens with one attached hydrogen (secondary N) is 2. The van der Waals surface area contributed by atoms with Gasteiger partial charge in [0.05, 0.1) is 13.3 Å². The highest BCUT2D eigenvalue weighted by Gasteiger charge is 2.30. The number of methoxy groups -OCH3 is 1. The van der Waals surface area contributed by atoms with Crippen molar-refractivity contribution in [2.24, 2.45) is 0 Å². The number of para-hydroxylation sites is 2. The quantitative estimate of drug-likeness (QED) is 0.618. The van der Waals surface area contributed by atoms with E-state index < -0.39 is 17.9 Å². The van der Waals surface area contributed by atoms with Crippen LogP contribution in [0, 0.1) is 0 Å². The van der Waals surface area contributed by atoms with Crippen LogP contribution in [0.2, 0.25) is 0 Å². The molecule has 0 unspecified atom stereocenters. The van der Waals surface area contributed by atoms with Crippen molar-refractivity contribution in [1.29, 1.82) is 0 Å². The van der Waals surface area contributed by atoms with Crippen LogP contribution in [0.5, 0.6) is 5.75 Å². The Balaban J connectivity index is 1.76. The van der Waals surface area contributed by atoms with Crippen LogP contribution in [-0.4, -0.2) is 33.9 Å². The summed E-state index contributed by atoms with van der Waals surface area (Å²) in [7, 11) is 1.55. The minimum Gasteiger partial charge on any atom is -0.496 e. The number of rotatable bonds is 5. The molecule has 0 spiro atoms. The van der Waals surface area contributed by atoms with E-state index in [1.165, 1.54) is 6.20 Å². The van der Waals surface area contributed by atoms with Crippen molar-refractivity contribution in [1.82, 2.24) is 9.78 Å². The van der Waals surface area contributed by atoms with Gasteiger partial charge in [0.25, 0.3) is 5.91 Å². The molecule has 4 rings (SSSR count). The highest BCUT2D eigenvalue weighted by molar-refractivity contribution is 6.08. The van der Waals surface area contributed by atoms with Crippen LogP contribution in [0.4, 0.5) is 11.5 Å². The lowest BCUT2D eigenvalue weighted by molar-refractivity contribution is -0.132. The zero-order chi connectivity index (χ0) is 20.4. The van der Waals surface area contributed by atoms with Crippen LogP contribution in [0.1, 0.15) is 22.0 Å². The molecule has 29 heavy (non-hydrogen) atoms. The molecule has 3 aromatic rings. The Kier molecular flexibility index (Phi) is 4.74. The zero-order valence-corrected chi connectivity index (χ0v) is 15.5. The fourth-order valence-corrected chi connectivity index (χ4v) is 3.24. The second kappa shape index (κ2) is 7.51. The van der Waals surface area contributed by atoms with E-state index in [4.69, 9.17) is 4.74 Å². The van der Waals surface area contributed by atoms with Crippen LogP contribution in [0.15, 0.2) is 72.6 Å². The number of amides is 1. The molecule has 1 aliphatic rings. The molecule has 0 saturated carbocycles. The summed E-state index contributed by atoms with van der Waals surface area (Å²) in [4.78, 5) is 24.5. The molecule has 0 radical (unpaired) electrons. The number of aromatic nitrogens is 2. The van der Waals surface area contributed by atoms with E-state index in [9.17, 15) is 14.7 Å². The molecule has 146 valence electrons. The predicted octanol–water partition coefficient (Wildman–Crippen LogP) is 3.13. The lowest BCUT2D eigenvalue weighted by Gasteiger charge is -2.25. The second-order valence-electron chi connectivity index (χ2n) is 6.37. The Morgan fingerprint density at radius 2 is 1.86 bits per heavy atom. The number of hydrogen-bond acceptors (Lipinski definition) is 5. The maximum Gasteiger partial charge on any atom is 0.352 e. The molecule has 8 heteroatoms. The average Bonchev–Trinajstić information content (AvgIpc) is 3.18. The fourth-order valence-electron chi connectivity index (χ4n) is 3.24. The Morgan fingerprint density at radius 1 is 1.14 bits per heavy atom. The standard InChI is InChI=1S/C21H18N4O4/c1-29-18-10-6-5-9-14(18)17-11-16(21(27)28)24-19-15(12-22-25(17)19)20(26)23-13-7-3-2-4-8-13/h2-12,17,24H,1H3,(H,23,26)(H,27,28)/t17-/m1/s1. The molecular weight excluding hydrogens is 372 g/mol. The van der Waals surface area contributed by atoms with Gasteiger partial charge in [0.2, 0.25) is 0 Å². The maximum atomic E-state index is 12.8. The Morgan fingerprint density at radius 3 is 2.59 bits per heavy atom. The van der Waals surface area contributed by atoms with Gasteiger partial charge in [-0.2, -0.15) is 5.10 Å². The lowest BCUT2D eigenvalue weighted by Crippen LogP contribution is -2.26. The van der Waals surface area contributed by atoms with Crippen molar-refractivity contribution in [3.05, 3.63) is 83.7 Å². The number of aliphatic carboxylic acids is 1. The monoisotopic (exact) mass is 390 g/mol. The highest BCUT2D eigenvalue weighted by atomic mass is 16.5. The third-order valence-electron chi connectivity index (χ3n) is 4.60. The summed E-state index contributed by atoms with van der Waals surface area (Å²) in [5, 5.41) is 19.5. The molecule has 1 amide bonds. The Bertz CT molecular complexity index is 1100. The number of carbonyl (C=O) groups excluding carboxylic acids is 1. The van der Waals surface area contributed by atoms with Crippen LogP contribution in [0.25, 0.3) is 0 Å². The van der Waals surface area contributed by atoms with Gasteiger partial charge >= 0.3 is 5.97 Å². The Labute approximate surface area is 166 Å². The van der Waals surface area contributed by atoms with Crippen LogP contribution >= 0.6 is 0 Å². The molecule has 0 bridgehead atoms. The topological polar surface area (TPSA) is 105 Å². The predicted molar refractivity (Wildman–Crippen MR) is 107 cm³/mol. The summed E-state index contributed by atoms with van der Waals surface area (Å²) in [6.07, 6.45) is 2.96. The minimum atomic E-state index is -1.13.